The number of hydrogen-bond donors (Lipinski definition) is 1. The molecule has 0 saturated heterocycles. The Morgan fingerprint density at radius 3 is 2.48 bits per heavy atom. The smallest absolute Gasteiger partial charge is 0.345 e. The third-order valence-electron chi connectivity index (χ3n) is 4.04. The van der Waals surface area contributed by atoms with Crippen molar-refractivity contribution in [1.29, 1.82) is 0 Å². The molecule has 6 nitrogen and oxygen atoms in total. The van der Waals surface area contributed by atoms with Crippen molar-refractivity contribution in [2.24, 2.45) is 5.10 Å². The highest BCUT2D eigenvalue weighted by Gasteiger charge is 2.16. The molecular weight excluding hydrogens is 554 g/mol. The van der Waals surface area contributed by atoms with Gasteiger partial charge in [0.1, 0.15) is 0 Å². The summed E-state index contributed by atoms with van der Waals surface area (Å²) < 4.78 is 11.5. The first-order valence-electron chi connectivity index (χ1n) is 8.82. The lowest BCUT2D eigenvalue weighted by Crippen LogP contribution is -2.18. The molecule has 0 aliphatic carbocycles. The van der Waals surface area contributed by atoms with Gasteiger partial charge in [-0.3, -0.25) is 4.79 Å². The van der Waals surface area contributed by atoms with Gasteiger partial charge in [-0.1, -0.05) is 35.3 Å². The third kappa shape index (κ3) is 5.96. The van der Waals surface area contributed by atoms with Crippen LogP contribution in [0.3, 0.4) is 0 Å². The highest BCUT2D eigenvalue weighted by Crippen LogP contribution is 2.30. The second-order valence-corrected chi connectivity index (χ2v) is 8.11. The number of carbonyl (C=O) groups is 2. The van der Waals surface area contributed by atoms with Crippen molar-refractivity contribution in [2.75, 3.05) is 7.11 Å². The molecule has 0 aromatic heterocycles. The zero-order valence-electron chi connectivity index (χ0n) is 16.1. The molecule has 3 aromatic rings. The van der Waals surface area contributed by atoms with Crippen molar-refractivity contribution >= 4 is 63.9 Å². The van der Waals surface area contributed by atoms with Crippen molar-refractivity contribution in [1.82, 2.24) is 5.43 Å². The lowest BCUT2D eigenvalue weighted by Gasteiger charge is -2.10. The fourth-order valence-corrected chi connectivity index (χ4v) is 3.65. The highest BCUT2D eigenvalue weighted by molar-refractivity contribution is 14.1. The Balaban J connectivity index is 1.71. The highest BCUT2D eigenvalue weighted by atomic mass is 127. The predicted octanol–water partition coefficient (Wildman–Crippen LogP) is 5.59. The van der Waals surface area contributed by atoms with E-state index in [1.165, 1.54) is 25.5 Å². The number of hydrazone groups is 1. The SMILES string of the molecule is COc1cc(/C=N/NC(=O)c2ccccc2I)ccc1OC(=O)c1ccc(Cl)cc1Cl. The van der Waals surface area contributed by atoms with Gasteiger partial charge in [-0.25, -0.2) is 10.2 Å². The molecule has 9 heteroatoms. The Morgan fingerprint density at radius 2 is 1.77 bits per heavy atom. The summed E-state index contributed by atoms with van der Waals surface area (Å²) in [6, 6.07) is 16.5. The van der Waals surface area contributed by atoms with Crippen LogP contribution < -0.4 is 14.9 Å². The third-order valence-corrected chi connectivity index (χ3v) is 5.53. The van der Waals surface area contributed by atoms with E-state index in [-0.39, 0.29) is 22.2 Å². The molecule has 3 rings (SSSR count). The number of methoxy groups -OCH3 is 1. The van der Waals surface area contributed by atoms with Crippen LogP contribution in [0.15, 0.2) is 65.8 Å². The first-order chi connectivity index (χ1) is 14.9. The molecule has 0 heterocycles. The van der Waals surface area contributed by atoms with Crippen LogP contribution in [0.25, 0.3) is 0 Å². The van der Waals surface area contributed by atoms with Crippen molar-refractivity contribution in [3.63, 3.8) is 0 Å². The van der Waals surface area contributed by atoms with Gasteiger partial charge >= 0.3 is 5.97 Å². The van der Waals surface area contributed by atoms with Gasteiger partial charge in [-0.15, -0.1) is 0 Å². The Kier molecular flexibility index (Phi) is 7.89. The lowest BCUT2D eigenvalue weighted by molar-refractivity contribution is 0.0729. The van der Waals surface area contributed by atoms with Crippen molar-refractivity contribution in [3.8, 4) is 11.5 Å². The van der Waals surface area contributed by atoms with E-state index >= 15 is 0 Å². The standard InChI is InChI=1S/C22H15Cl2IN2O4/c1-30-20-10-13(12-26-27-21(28)16-4-2-3-5-18(16)25)6-9-19(20)31-22(29)15-8-7-14(23)11-17(15)24/h2-12H,1H3,(H,27,28)/b26-12+. The number of hydrogen-bond acceptors (Lipinski definition) is 5. The molecule has 0 fully saturated rings. The minimum Gasteiger partial charge on any atom is -0.493 e. The zero-order chi connectivity index (χ0) is 22.4. The second-order valence-electron chi connectivity index (χ2n) is 6.10. The van der Waals surface area contributed by atoms with Crippen LogP contribution in [0.5, 0.6) is 11.5 Å². The molecule has 158 valence electrons. The van der Waals surface area contributed by atoms with Gasteiger partial charge < -0.3 is 9.47 Å². The monoisotopic (exact) mass is 568 g/mol. The normalized spacial score (nSPS) is 10.7. The number of rotatable bonds is 6. The van der Waals surface area contributed by atoms with Crippen LogP contribution in [-0.2, 0) is 0 Å². The van der Waals surface area contributed by atoms with E-state index in [4.69, 9.17) is 32.7 Å². The van der Waals surface area contributed by atoms with Crippen LogP contribution in [-0.4, -0.2) is 25.2 Å². The van der Waals surface area contributed by atoms with E-state index in [0.717, 1.165) is 3.57 Å². The van der Waals surface area contributed by atoms with Gasteiger partial charge in [-0.05, 0) is 76.7 Å². The topological polar surface area (TPSA) is 77.0 Å². The molecule has 0 atom stereocenters. The van der Waals surface area contributed by atoms with Gasteiger partial charge in [0.05, 0.1) is 29.5 Å². The maximum absolute atomic E-state index is 12.4. The van der Waals surface area contributed by atoms with Crippen molar-refractivity contribution in [2.45, 2.75) is 0 Å². The fourth-order valence-electron chi connectivity index (χ4n) is 2.53. The van der Waals surface area contributed by atoms with Gasteiger partial charge in [0.25, 0.3) is 5.91 Å². The molecule has 0 bridgehead atoms. The van der Waals surface area contributed by atoms with E-state index in [1.807, 2.05) is 12.1 Å². The summed E-state index contributed by atoms with van der Waals surface area (Å²) in [5, 5.41) is 4.57. The Morgan fingerprint density at radius 1 is 1.00 bits per heavy atom. The summed E-state index contributed by atoms with van der Waals surface area (Å²) in [7, 11) is 1.45. The van der Waals surface area contributed by atoms with E-state index in [0.29, 0.717) is 21.9 Å². The summed E-state index contributed by atoms with van der Waals surface area (Å²) >= 11 is 14.0. The minimum absolute atomic E-state index is 0.178. The molecule has 0 saturated carbocycles. The molecule has 1 N–H and O–H groups in total. The maximum Gasteiger partial charge on any atom is 0.345 e. The Bertz CT molecular complexity index is 1170. The lowest BCUT2D eigenvalue weighted by atomic mass is 10.2. The van der Waals surface area contributed by atoms with E-state index < -0.39 is 5.97 Å². The quantitative estimate of drug-likeness (QED) is 0.138. The molecular formula is C22H15Cl2IN2O4. The van der Waals surface area contributed by atoms with Gasteiger partial charge in [0.2, 0.25) is 0 Å². The van der Waals surface area contributed by atoms with Gasteiger partial charge in [-0.2, -0.15) is 5.10 Å². The number of ether oxygens (including phenoxy) is 2. The summed E-state index contributed by atoms with van der Waals surface area (Å²) in [6.07, 6.45) is 1.46. The van der Waals surface area contributed by atoms with Crippen molar-refractivity contribution in [3.05, 3.63) is 91.0 Å². The summed E-state index contributed by atoms with van der Waals surface area (Å²) in [5.41, 5.74) is 3.81. The summed E-state index contributed by atoms with van der Waals surface area (Å²) in [6.45, 7) is 0. The molecule has 0 unspecified atom stereocenters. The number of amides is 1. The maximum atomic E-state index is 12.4. The summed E-state index contributed by atoms with van der Waals surface area (Å²) in [5.74, 6) is -0.449. The first-order valence-corrected chi connectivity index (χ1v) is 10.7. The van der Waals surface area contributed by atoms with E-state index in [1.54, 1.807) is 36.4 Å². The molecule has 0 aliphatic heterocycles. The minimum atomic E-state index is -0.647. The fraction of sp³-hybridized carbons (Fsp3) is 0.0455. The molecule has 0 spiro atoms. The molecule has 3 aromatic carbocycles. The molecule has 0 radical (unpaired) electrons. The number of nitrogens with zero attached hydrogens (tertiary/aromatic N) is 1. The number of nitrogens with one attached hydrogen (secondary N) is 1. The van der Waals surface area contributed by atoms with Gasteiger partial charge in [0, 0.05) is 8.59 Å². The Hall–Kier alpha value is -2.62. The van der Waals surface area contributed by atoms with Gasteiger partial charge in [0.15, 0.2) is 11.5 Å². The second kappa shape index (κ2) is 10.6. The van der Waals surface area contributed by atoms with Crippen LogP contribution >= 0.6 is 45.8 Å². The van der Waals surface area contributed by atoms with Crippen LogP contribution in [0.2, 0.25) is 10.0 Å². The number of halogens is 3. The number of carbonyl (C=O) groups excluding carboxylic acids is 2. The molecule has 31 heavy (non-hydrogen) atoms. The average molecular weight is 569 g/mol. The number of benzene rings is 3. The van der Waals surface area contributed by atoms with Crippen LogP contribution in [0.4, 0.5) is 0 Å². The predicted molar refractivity (Wildman–Crippen MR) is 129 cm³/mol. The summed E-state index contributed by atoms with van der Waals surface area (Å²) in [4.78, 5) is 24.6. The average Bonchev–Trinajstić information content (AvgIpc) is 2.74. The zero-order valence-corrected chi connectivity index (χ0v) is 19.7. The first kappa shape index (κ1) is 23.1. The van der Waals surface area contributed by atoms with E-state index in [9.17, 15) is 9.59 Å². The molecule has 0 aliphatic rings. The Labute approximate surface area is 202 Å². The van der Waals surface area contributed by atoms with Crippen LogP contribution in [0.1, 0.15) is 26.3 Å². The van der Waals surface area contributed by atoms with Crippen molar-refractivity contribution < 1.29 is 19.1 Å². The number of esters is 1. The van der Waals surface area contributed by atoms with E-state index in [2.05, 4.69) is 33.1 Å². The molecule has 1 amide bonds. The largest absolute Gasteiger partial charge is 0.493 e. The van der Waals surface area contributed by atoms with Crippen LogP contribution in [0, 0.1) is 3.57 Å².